The fraction of sp³-hybridized carbons (Fsp3) is 0. The summed E-state index contributed by atoms with van der Waals surface area (Å²) in [5.41, 5.74) is 1.04. The minimum atomic E-state index is -1.31. The molecule has 1 saturated heterocycles. The van der Waals surface area contributed by atoms with E-state index in [0.717, 1.165) is 11.8 Å². The molecule has 0 atom stereocenters. The van der Waals surface area contributed by atoms with Gasteiger partial charge in [-0.2, -0.15) is 0 Å². The van der Waals surface area contributed by atoms with E-state index in [2.05, 4.69) is 0 Å². The first kappa shape index (κ1) is 17.8. The minimum absolute atomic E-state index is 0.000567. The number of anilines is 1. The number of nitrogens with zero attached hydrogens (tertiary/aromatic N) is 2. The van der Waals surface area contributed by atoms with Crippen LogP contribution in [0.25, 0.3) is 6.08 Å². The quantitative estimate of drug-likeness (QED) is 0.344. The average molecular weight is 385 g/mol. The Morgan fingerprint density at radius 1 is 1.12 bits per heavy atom. The Morgan fingerprint density at radius 2 is 1.73 bits per heavy atom. The zero-order valence-corrected chi connectivity index (χ0v) is 14.6. The number of benzene rings is 2. The predicted molar refractivity (Wildman–Crippen MR) is 99.5 cm³/mol. The summed E-state index contributed by atoms with van der Waals surface area (Å²) in [5.74, 6) is -1.65. The molecule has 0 aromatic heterocycles. The van der Waals surface area contributed by atoms with Crippen molar-refractivity contribution in [3.05, 3.63) is 74.7 Å². The van der Waals surface area contributed by atoms with Crippen LogP contribution in [0.3, 0.4) is 0 Å². The first-order valence-electron chi connectivity index (χ1n) is 7.20. The molecule has 26 heavy (non-hydrogen) atoms. The van der Waals surface area contributed by atoms with Crippen molar-refractivity contribution < 1.29 is 19.6 Å². The summed E-state index contributed by atoms with van der Waals surface area (Å²) in [6.07, 6.45) is 1.60. The van der Waals surface area contributed by atoms with Crippen LogP contribution < -0.4 is 10.0 Å². The SMILES string of the molecule is O=C([O-])c1ccc(N2C(=O)/C(=C\c3ccc([N+](=O)[O-])cc3)SC2=S)cc1. The van der Waals surface area contributed by atoms with Gasteiger partial charge in [0.25, 0.3) is 11.6 Å². The molecule has 0 N–H and O–H groups in total. The summed E-state index contributed by atoms with van der Waals surface area (Å²) in [5, 5.41) is 21.5. The number of thiocarbonyl (C=S) groups is 1. The van der Waals surface area contributed by atoms with Gasteiger partial charge in [0.05, 0.1) is 21.5 Å². The number of aromatic carboxylic acids is 1. The number of carboxylic acids is 1. The number of hydrogen-bond acceptors (Lipinski definition) is 7. The molecule has 2 aromatic carbocycles. The van der Waals surface area contributed by atoms with Crippen molar-refractivity contribution in [1.82, 2.24) is 0 Å². The molecular weight excluding hydrogens is 376 g/mol. The number of carbonyl (C=O) groups is 2. The van der Waals surface area contributed by atoms with Gasteiger partial charge < -0.3 is 9.90 Å². The Balaban J connectivity index is 1.86. The molecule has 1 aliphatic rings. The largest absolute Gasteiger partial charge is 0.545 e. The Hall–Kier alpha value is -3.04. The number of carboxylic acid groups (broad SMARTS) is 1. The lowest BCUT2D eigenvalue weighted by Gasteiger charge is -2.15. The molecule has 0 spiro atoms. The normalized spacial score (nSPS) is 15.5. The number of nitro groups is 1. The smallest absolute Gasteiger partial charge is 0.270 e. The van der Waals surface area contributed by atoms with Crippen molar-refractivity contribution in [2.24, 2.45) is 0 Å². The molecule has 1 aliphatic heterocycles. The number of amides is 1. The van der Waals surface area contributed by atoms with Crippen LogP contribution in [-0.2, 0) is 4.79 Å². The second-order valence-electron chi connectivity index (χ2n) is 5.20. The number of nitro benzene ring substituents is 1. The molecule has 0 saturated carbocycles. The zero-order valence-electron chi connectivity index (χ0n) is 12.9. The Morgan fingerprint density at radius 3 is 2.27 bits per heavy atom. The summed E-state index contributed by atoms with van der Waals surface area (Å²) in [4.78, 5) is 35.3. The standard InChI is InChI=1S/C17H10N2O5S2/c20-15-14(9-10-1-5-13(6-2-10)19(23)24)26-17(25)18(15)12-7-3-11(4-8-12)16(21)22/h1-9H,(H,21,22)/p-1/b14-9+. The van der Waals surface area contributed by atoms with Gasteiger partial charge in [-0.15, -0.1) is 0 Å². The molecule has 0 unspecified atom stereocenters. The van der Waals surface area contributed by atoms with Gasteiger partial charge in [-0.25, -0.2) is 0 Å². The molecule has 0 radical (unpaired) electrons. The van der Waals surface area contributed by atoms with Crippen LogP contribution in [0.15, 0.2) is 53.4 Å². The average Bonchev–Trinajstić information content (AvgIpc) is 2.89. The third-order valence-electron chi connectivity index (χ3n) is 3.56. The molecular formula is C17H9N2O5S2-. The van der Waals surface area contributed by atoms with E-state index in [9.17, 15) is 24.8 Å². The van der Waals surface area contributed by atoms with E-state index in [-0.39, 0.29) is 17.2 Å². The van der Waals surface area contributed by atoms with Crippen molar-refractivity contribution in [3.8, 4) is 0 Å². The number of hydrogen-bond donors (Lipinski definition) is 0. The van der Waals surface area contributed by atoms with Gasteiger partial charge in [0, 0.05) is 12.1 Å². The van der Waals surface area contributed by atoms with E-state index in [4.69, 9.17) is 12.2 Å². The second kappa shape index (κ2) is 7.06. The van der Waals surface area contributed by atoms with Gasteiger partial charge in [0.2, 0.25) is 0 Å². The lowest BCUT2D eigenvalue weighted by atomic mass is 10.2. The highest BCUT2D eigenvalue weighted by Gasteiger charge is 2.33. The number of rotatable bonds is 4. The van der Waals surface area contributed by atoms with E-state index in [0.29, 0.717) is 20.5 Å². The van der Waals surface area contributed by atoms with Gasteiger partial charge in [0.1, 0.15) is 0 Å². The van der Waals surface area contributed by atoms with E-state index >= 15 is 0 Å². The van der Waals surface area contributed by atoms with E-state index in [1.807, 2.05) is 0 Å². The highest BCUT2D eigenvalue weighted by Crippen LogP contribution is 2.36. The van der Waals surface area contributed by atoms with Gasteiger partial charge in [-0.1, -0.05) is 36.1 Å². The van der Waals surface area contributed by atoms with Gasteiger partial charge in [0.15, 0.2) is 4.32 Å². The Labute approximate surface area is 157 Å². The molecule has 3 rings (SSSR count). The fourth-order valence-electron chi connectivity index (χ4n) is 2.28. The summed E-state index contributed by atoms with van der Waals surface area (Å²) in [6.45, 7) is 0. The van der Waals surface area contributed by atoms with Gasteiger partial charge >= 0.3 is 0 Å². The number of carbonyl (C=O) groups excluding carboxylic acids is 2. The highest BCUT2D eigenvalue weighted by molar-refractivity contribution is 8.27. The maximum Gasteiger partial charge on any atom is 0.270 e. The summed E-state index contributed by atoms with van der Waals surface area (Å²) < 4.78 is 0.310. The zero-order chi connectivity index (χ0) is 18.8. The number of thioether (sulfide) groups is 1. The molecule has 0 bridgehead atoms. The first-order valence-corrected chi connectivity index (χ1v) is 8.43. The molecule has 130 valence electrons. The van der Waals surface area contributed by atoms with Crippen molar-refractivity contribution in [2.75, 3.05) is 4.90 Å². The summed E-state index contributed by atoms with van der Waals surface area (Å²) in [7, 11) is 0. The lowest BCUT2D eigenvalue weighted by molar-refractivity contribution is -0.384. The van der Waals surface area contributed by atoms with Crippen molar-refractivity contribution in [3.63, 3.8) is 0 Å². The third-order valence-corrected chi connectivity index (χ3v) is 4.86. The Bertz CT molecular complexity index is 952. The molecule has 7 nitrogen and oxygen atoms in total. The second-order valence-corrected chi connectivity index (χ2v) is 6.88. The molecule has 1 fully saturated rings. The van der Waals surface area contributed by atoms with E-state index in [1.165, 1.54) is 41.3 Å². The number of non-ortho nitro benzene ring substituents is 1. The summed E-state index contributed by atoms with van der Waals surface area (Å²) >= 11 is 6.34. The monoisotopic (exact) mass is 385 g/mol. The van der Waals surface area contributed by atoms with Crippen molar-refractivity contribution in [2.45, 2.75) is 0 Å². The van der Waals surface area contributed by atoms with Crippen molar-refractivity contribution in [1.29, 1.82) is 0 Å². The van der Waals surface area contributed by atoms with E-state index in [1.54, 1.807) is 18.2 Å². The molecule has 9 heteroatoms. The molecule has 1 heterocycles. The molecule has 1 amide bonds. The Kier molecular flexibility index (Phi) is 4.83. The fourth-order valence-corrected chi connectivity index (χ4v) is 3.58. The maximum absolute atomic E-state index is 12.6. The van der Waals surface area contributed by atoms with Crippen LogP contribution in [0.2, 0.25) is 0 Å². The van der Waals surface area contributed by atoms with Gasteiger partial charge in [-0.3, -0.25) is 19.8 Å². The minimum Gasteiger partial charge on any atom is -0.545 e. The van der Waals surface area contributed by atoms with Crippen LogP contribution >= 0.6 is 24.0 Å². The maximum atomic E-state index is 12.6. The van der Waals surface area contributed by atoms with Crippen LogP contribution in [0, 0.1) is 10.1 Å². The first-order chi connectivity index (χ1) is 12.4. The third kappa shape index (κ3) is 3.48. The van der Waals surface area contributed by atoms with Crippen LogP contribution in [0.5, 0.6) is 0 Å². The van der Waals surface area contributed by atoms with Crippen LogP contribution in [0.1, 0.15) is 15.9 Å². The van der Waals surface area contributed by atoms with Crippen LogP contribution in [-0.4, -0.2) is 21.1 Å². The summed E-state index contributed by atoms with van der Waals surface area (Å²) in [6, 6.07) is 11.4. The van der Waals surface area contributed by atoms with Gasteiger partial charge in [-0.05, 0) is 41.5 Å². The highest BCUT2D eigenvalue weighted by atomic mass is 32.2. The van der Waals surface area contributed by atoms with Crippen LogP contribution in [0.4, 0.5) is 11.4 Å². The van der Waals surface area contributed by atoms with Crippen molar-refractivity contribution >= 4 is 57.6 Å². The predicted octanol–water partition coefficient (Wildman–Crippen LogP) is 2.36. The molecule has 0 aliphatic carbocycles. The lowest BCUT2D eigenvalue weighted by Crippen LogP contribution is -2.28. The topological polar surface area (TPSA) is 104 Å². The molecule has 2 aromatic rings. The van der Waals surface area contributed by atoms with E-state index < -0.39 is 10.9 Å².